The minimum absolute atomic E-state index is 0.0397. The number of rotatable bonds is 8. The molecule has 0 radical (unpaired) electrons. The Labute approximate surface area is 255 Å². The molecule has 0 aliphatic heterocycles. The molecule has 5 aromatic rings. The summed E-state index contributed by atoms with van der Waals surface area (Å²) in [6, 6.07) is 29.3. The van der Waals surface area contributed by atoms with Crippen molar-refractivity contribution >= 4 is 51.7 Å². The van der Waals surface area contributed by atoms with Gasteiger partial charge in [0.05, 0.1) is 15.5 Å². The SMILES string of the molecule is Cc1cc(NC(=O)c2ccc(Sc3ccc(NC(=O)OCC4c5ccccc5-c5ccccc54)cc3)c([N+](=O)[O-])c2)sn1. The van der Waals surface area contributed by atoms with Crippen molar-refractivity contribution in [3.05, 3.63) is 130 Å². The summed E-state index contributed by atoms with van der Waals surface area (Å²) >= 11 is 2.33. The molecule has 0 bridgehead atoms. The van der Waals surface area contributed by atoms with Crippen LogP contribution in [0.1, 0.15) is 33.1 Å². The molecule has 214 valence electrons. The number of benzene rings is 4. The highest BCUT2D eigenvalue weighted by molar-refractivity contribution is 7.99. The maximum absolute atomic E-state index is 12.6. The van der Waals surface area contributed by atoms with Crippen LogP contribution in [-0.2, 0) is 4.74 Å². The maximum Gasteiger partial charge on any atom is 0.411 e. The first-order chi connectivity index (χ1) is 20.9. The molecular weight excluding hydrogens is 585 g/mol. The molecule has 43 heavy (non-hydrogen) atoms. The van der Waals surface area contributed by atoms with Gasteiger partial charge in [-0.1, -0.05) is 60.3 Å². The maximum atomic E-state index is 12.6. The molecule has 1 aliphatic carbocycles. The van der Waals surface area contributed by atoms with Gasteiger partial charge in [0.25, 0.3) is 11.6 Å². The average molecular weight is 609 g/mol. The van der Waals surface area contributed by atoms with E-state index in [0.717, 1.165) is 44.4 Å². The smallest absolute Gasteiger partial charge is 0.411 e. The predicted octanol–water partition coefficient (Wildman–Crippen LogP) is 8.12. The summed E-state index contributed by atoms with van der Waals surface area (Å²) in [5.41, 5.74) is 5.88. The lowest BCUT2D eigenvalue weighted by Gasteiger charge is -2.14. The fourth-order valence-electron chi connectivity index (χ4n) is 4.98. The van der Waals surface area contributed by atoms with Crippen molar-refractivity contribution in [2.24, 2.45) is 0 Å². The van der Waals surface area contributed by atoms with Crippen LogP contribution in [0.25, 0.3) is 11.1 Å². The number of aryl methyl sites for hydroxylation is 1. The fourth-order valence-corrected chi connectivity index (χ4v) is 6.54. The van der Waals surface area contributed by atoms with Gasteiger partial charge in [-0.15, -0.1) is 0 Å². The van der Waals surface area contributed by atoms with E-state index in [1.165, 1.54) is 17.8 Å². The van der Waals surface area contributed by atoms with Crippen LogP contribution in [0.4, 0.5) is 21.2 Å². The summed E-state index contributed by atoms with van der Waals surface area (Å²) in [5, 5.41) is 17.8. The minimum atomic E-state index is -0.569. The van der Waals surface area contributed by atoms with Crippen LogP contribution >= 0.6 is 23.3 Å². The van der Waals surface area contributed by atoms with Crippen molar-refractivity contribution in [1.29, 1.82) is 0 Å². The summed E-state index contributed by atoms with van der Waals surface area (Å²) in [6.45, 7) is 2.02. The summed E-state index contributed by atoms with van der Waals surface area (Å²) in [7, 11) is 0. The van der Waals surface area contributed by atoms with E-state index in [-0.39, 0.29) is 23.8 Å². The summed E-state index contributed by atoms with van der Waals surface area (Å²) in [6.07, 6.45) is -0.569. The molecule has 11 heteroatoms. The van der Waals surface area contributed by atoms with Crippen molar-refractivity contribution in [2.45, 2.75) is 22.6 Å². The Morgan fingerprint density at radius 3 is 2.23 bits per heavy atom. The number of nitro benzene ring substituents is 1. The van der Waals surface area contributed by atoms with Gasteiger partial charge in [-0.2, -0.15) is 4.37 Å². The number of amides is 2. The highest BCUT2D eigenvalue weighted by atomic mass is 32.2. The molecule has 1 aromatic heterocycles. The molecule has 2 amide bonds. The predicted molar refractivity (Wildman–Crippen MR) is 167 cm³/mol. The number of carbonyl (C=O) groups is 2. The second kappa shape index (κ2) is 12.1. The number of ether oxygens (including phenoxy) is 1. The van der Waals surface area contributed by atoms with Gasteiger partial charge in [0.15, 0.2) is 0 Å². The van der Waals surface area contributed by atoms with Gasteiger partial charge >= 0.3 is 6.09 Å². The van der Waals surface area contributed by atoms with Gasteiger partial charge in [0, 0.05) is 28.1 Å². The second-order valence-electron chi connectivity index (χ2n) is 9.80. The third kappa shape index (κ3) is 6.13. The van der Waals surface area contributed by atoms with E-state index in [0.29, 0.717) is 15.6 Å². The van der Waals surface area contributed by atoms with E-state index in [1.54, 1.807) is 42.5 Å². The molecule has 0 saturated heterocycles. The molecule has 6 rings (SSSR count). The highest BCUT2D eigenvalue weighted by Crippen LogP contribution is 2.44. The van der Waals surface area contributed by atoms with Crippen molar-refractivity contribution in [2.75, 3.05) is 17.2 Å². The van der Waals surface area contributed by atoms with Gasteiger partial charge in [0.2, 0.25) is 0 Å². The molecule has 0 atom stereocenters. The molecule has 0 spiro atoms. The van der Waals surface area contributed by atoms with E-state index in [4.69, 9.17) is 4.74 Å². The number of nitro groups is 1. The lowest BCUT2D eigenvalue weighted by molar-refractivity contribution is -0.387. The number of nitrogens with one attached hydrogen (secondary N) is 2. The van der Waals surface area contributed by atoms with Gasteiger partial charge in [-0.25, -0.2) is 4.79 Å². The monoisotopic (exact) mass is 608 g/mol. The lowest BCUT2D eigenvalue weighted by atomic mass is 9.98. The molecule has 0 unspecified atom stereocenters. The summed E-state index contributed by atoms with van der Waals surface area (Å²) in [4.78, 5) is 37.7. The van der Waals surface area contributed by atoms with Crippen molar-refractivity contribution in [3.63, 3.8) is 0 Å². The third-order valence-electron chi connectivity index (χ3n) is 6.95. The molecule has 0 saturated carbocycles. The van der Waals surface area contributed by atoms with Crippen LogP contribution in [-0.4, -0.2) is 27.9 Å². The zero-order valence-corrected chi connectivity index (χ0v) is 24.4. The molecule has 2 N–H and O–H groups in total. The Morgan fingerprint density at radius 1 is 0.930 bits per heavy atom. The van der Waals surface area contributed by atoms with E-state index >= 15 is 0 Å². The summed E-state index contributed by atoms with van der Waals surface area (Å²) in [5.74, 6) is -0.492. The Hall–Kier alpha value is -5.00. The number of hydrogen-bond donors (Lipinski definition) is 2. The van der Waals surface area contributed by atoms with Gasteiger partial charge in [0.1, 0.15) is 11.6 Å². The van der Waals surface area contributed by atoms with Crippen LogP contribution in [0.5, 0.6) is 0 Å². The van der Waals surface area contributed by atoms with E-state index < -0.39 is 16.9 Å². The minimum Gasteiger partial charge on any atom is -0.448 e. The zero-order chi connectivity index (χ0) is 29.9. The molecular formula is C32H24N4O5S2. The molecule has 1 heterocycles. The van der Waals surface area contributed by atoms with Crippen molar-refractivity contribution in [3.8, 4) is 11.1 Å². The highest BCUT2D eigenvalue weighted by Gasteiger charge is 2.29. The number of anilines is 2. The summed E-state index contributed by atoms with van der Waals surface area (Å²) < 4.78 is 9.73. The first-order valence-corrected chi connectivity index (χ1v) is 14.9. The lowest BCUT2D eigenvalue weighted by Crippen LogP contribution is -2.17. The quantitative estimate of drug-likeness (QED) is 0.135. The number of aromatic nitrogens is 1. The van der Waals surface area contributed by atoms with Gasteiger partial charge in [-0.3, -0.25) is 20.2 Å². The number of hydrogen-bond acceptors (Lipinski definition) is 8. The molecule has 0 fully saturated rings. The van der Waals surface area contributed by atoms with Gasteiger partial charge in [-0.05, 0) is 83.2 Å². The fraction of sp³-hybridized carbons (Fsp3) is 0.0938. The number of fused-ring (bicyclic) bond motifs is 3. The van der Waals surface area contributed by atoms with Crippen molar-refractivity contribution in [1.82, 2.24) is 4.37 Å². The molecule has 9 nitrogen and oxygen atoms in total. The first kappa shape index (κ1) is 28.1. The largest absolute Gasteiger partial charge is 0.448 e. The zero-order valence-electron chi connectivity index (χ0n) is 22.8. The topological polar surface area (TPSA) is 123 Å². The Morgan fingerprint density at radius 2 is 1.60 bits per heavy atom. The van der Waals surface area contributed by atoms with Gasteiger partial charge < -0.3 is 10.1 Å². The Kier molecular flexibility index (Phi) is 7.91. The average Bonchev–Trinajstić information content (AvgIpc) is 3.57. The van der Waals surface area contributed by atoms with Crippen LogP contribution in [0.15, 0.2) is 107 Å². The number of nitrogens with zero attached hydrogens (tertiary/aromatic N) is 2. The van der Waals surface area contributed by atoms with Crippen LogP contribution < -0.4 is 10.6 Å². The normalized spacial score (nSPS) is 11.8. The van der Waals surface area contributed by atoms with Crippen molar-refractivity contribution < 1.29 is 19.2 Å². The second-order valence-corrected chi connectivity index (χ2v) is 11.7. The number of carbonyl (C=O) groups excluding carboxylic acids is 2. The molecule has 4 aromatic carbocycles. The van der Waals surface area contributed by atoms with E-state index in [2.05, 4.69) is 39.3 Å². The Bertz CT molecular complexity index is 1810. The molecule has 1 aliphatic rings. The standard InChI is InChI=1S/C32H24N4O5S2/c1-19-16-30(43-35-19)34-31(37)20-10-15-29(28(17-20)36(39)40)42-22-13-11-21(12-14-22)33-32(38)41-18-27-25-8-4-2-6-23(25)24-7-3-5-9-26(24)27/h2-17,27H,18H2,1H3,(H,33,38)(H,34,37). The van der Waals surface area contributed by atoms with Crippen LogP contribution in [0, 0.1) is 17.0 Å². The van der Waals surface area contributed by atoms with E-state index in [9.17, 15) is 19.7 Å². The Balaban J connectivity index is 1.08. The third-order valence-corrected chi connectivity index (χ3v) is 8.82. The van der Waals surface area contributed by atoms with Crippen LogP contribution in [0.3, 0.4) is 0 Å². The van der Waals surface area contributed by atoms with E-state index in [1.807, 2.05) is 31.2 Å². The first-order valence-electron chi connectivity index (χ1n) is 13.3. The van der Waals surface area contributed by atoms with Crippen LogP contribution in [0.2, 0.25) is 0 Å².